The van der Waals surface area contributed by atoms with Gasteiger partial charge in [-0.05, 0) is 49.2 Å². The van der Waals surface area contributed by atoms with E-state index in [0.29, 0.717) is 27.8 Å². The molecule has 0 saturated heterocycles. The van der Waals surface area contributed by atoms with Gasteiger partial charge in [-0.15, -0.1) is 0 Å². The molecule has 0 spiro atoms. The molecule has 0 radical (unpaired) electrons. The molecule has 0 saturated carbocycles. The van der Waals surface area contributed by atoms with E-state index >= 15 is 0 Å². The van der Waals surface area contributed by atoms with E-state index in [1.165, 1.54) is 4.90 Å². The normalized spacial score (nSPS) is 12.5. The monoisotopic (exact) mass is 428 g/mol. The van der Waals surface area contributed by atoms with Gasteiger partial charge in [-0.1, -0.05) is 41.4 Å². The molecule has 5 nitrogen and oxygen atoms in total. The Morgan fingerprint density at radius 2 is 1.63 bits per heavy atom. The maximum atomic E-state index is 12.9. The number of anilines is 1. The molecule has 0 N–H and O–H groups in total. The van der Waals surface area contributed by atoms with E-state index in [2.05, 4.69) is 0 Å². The van der Waals surface area contributed by atoms with E-state index in [0.717, 1.165) is 16.1 Å². The first kappa shape index (κ1) is 21.5. The maximum Gasteiger partial charge on any atom is 0.246 e. The summed E-state index contributed by atoms with van der Waals surface area (Å²) in [6.45, 7) is 3.69. The van der Waals surface area contributed by atoms with Gasteiger partial charge in [0, 0.05) is 23.6 Å². The van der Waals surface area contributed by atoms with Crippen LogP contribution in [-0.2, 0) is 21.4 Å². The summed E-state index contributed by atoms with van der Waals surface area (Å²) in [4.78, 5) is 14.4. The molecule has 27 heavy (non-hydrogen) atoms. The van der Waals surface area contributed by atoms with Crippen LogP contribution in [0.2, 0.25) is 10.0 Å². The van der Waals surface area contributed by atoms with E-state index in [9.17, 15) is 13.2 Å². The van der Waals surface area contributed by atoms with Crippen molar-refractivity contribution in [3.63, 3.8) is 0 Å². The largest absolute Gasteiger partial charge is 0.340 e. The second kappa shape index (κ2) is 8.50. The zero-order chi connectivity index (χ0) is 20.4. The Kier molecular flexibility index (Phi) is 6.78. The Hall–Kier alpha value is -1.76. The molecule has 0 aliphatic heterocycles. The van der Waals surface area contributed by atoms with Crippen molar-refractivity contribution in [1.29, 1.82) is 0 Å². The number of halogens is 2. The van der Waals surface area contributed by atoms with Crippen molar-refractivity contribution in [3.05, 3.63) is 63.6 Å². The Morgan fingerprint density at radius 3 is 2.19 bits per heavy atom. The summed E-state index contributed by atoms with van der Waals surface area (Å²) in [6, 6.07) is 11.2. The summed E-state index contributed by atoms with van der Waals surface area (Å²) in [5.74, 6) is -0.324. The number of rotatable bonds is 6. The van der Waals surface area contributed by atoms with Gasteiger partial charge in [-0.2, -0.15) is 0 Å². The van der Waals surface area contributed by atoms with Crippen LogP contribution in [0.4, 0.5) is 5.69 Å². The van der Waals surface area contributed by atoms with Gasteiger partial charge in [0.05, 0.1) is 11.9 Å². The summed E-state index contributed by atoms with van der Waals surface area (Å²) >= 11 is 11.9. The number of aryl methyl sites for hydroxylation is 1. The Morgan fingerprint density at radius 1 is 1.07 bits per heavy atom. The van der Waals surface area contributed by atoms with E-state index in [4.69, 9.17) is 23.2 Å². The molecular formula is C19H22Cl2N2O3S. The van der Waals surface area contributed by atoms with Crippen LogP contribution in [0.25, 0.3) is 0 Å². The third kappa shape index (κ3) is 5.37. The lowest BCUT2D eigenvalue weighted by molar-refractivity contribution is -0.131. The SMILES string of the molecule is Cc1ccc(Cl)cc1N([C@H](C)C(=O)N(C)Cc1ccc(Cl)cc1)S(C)(=O)=O. The highest BCUT2D eigenvalue weighted by Crippen LogP contribution is 2.28. The van der Waals surface area contributed by atoms with Crippen molar-refractivity contribution in [1.82, 2.24) is 4.90 Å². The summed E-state index contributed by atoms with van der Waals surface area (Å²) in [5.41, 5.74) is 2.00. The van der Waals surface area contributed by atoms with Gasteiger partial charge in [0.1, 0.15) is 6.04 Å². The number of hydrogen-bond donors (Lipinski definition) is 0. The highest BCUT2D eigenvalue weighted by molar-refractivity contribution is 7.92. The quantitative estimate of drug-likeness (QED) is 0.695. The first-order valence-corrected chi connectivity index (χ1v) is 10.9. The van der Waals surface area contributed by atoms with Gasteiger partial charge in [-0.3, -0.25) is 9.10 Å². The lowest BCUT2D eigenvalue weighted by Gasteiger charge is -2.32. The van der Waals surface area contributed by atoms with Crippen LogP contribution >= 0.6 is 23.2 Å². The van der Waals surface area contributed by atoms with Gasteiger partial charge in [0.2, 0.25) is 15.9 Å². The number of nitrogens with zero attached hydrogens (tertiary/aromatic N) is 2. The van der Waals surface area contributed by atoms with Crippen LogP contribution in [0.1, 0.15) is 18.1 Å². The molecule has 2 rings (SSSR count). The average Bonchev–Trinajstić information content (AvgIpc) is 2.58. The Balaban J connectivity index is 2.31. The van der Waals surface area contributed by atoms with Gasteiger partial charge >= 0.3 is 0 Å². The van der Waals surface area contributed by atoms with Crippen molar-refractivity contribution < 1.29 is 13.2 Å². The molecule has 0 aromatic heterocycles. The minimum Gasteiger partial charge on any atom is -0.340 e. The first-order valence-electron chi connectivity index (χ1n) is 8.25. The molecule has 8 heteroatoms. The predicted molar refractivity (Wildman–Crippen MR) is 111 cm³/mol. The van der Waals surface area contributed by atoms with Crippen LogP contribution < -0.4 is 4.31 Å². The molecule has 0 heterocycles. The number of sulfonamides is 1. The standard InChI is InChI=1S/C19H22Cl2N2O3S/c1-13-5-8-17(21)11-18(13)23(27(4,25)26)14(2)19(24)22(3)12-15-6-9-16(20)10-7-15/h5-11,14H,12H2,1-4H3/t14-/m1/s1. The van der Waals surface area contributed by atoms with Crippen LogP contribution in [-0.4, -0.2) is 38.6 Å². The molecule has 1 amide bonds. The first-order chi connectivity index (χ1) is 12.5. The molecular weight excluding hydrogens is 407 g/mol. The maximum absolute atomic E-state index is 12.9. The third-order valence-corrected chi connectivity index (χ3v) is 5.90. The topological polar surface area (TPSA) is 57.7 Å². The second-order valence-corrected chi connectivity index (χ2v) is 9.22. The smallest absolute Gasteiger partial charge is 0.246 e. The van der Waals surface area contributed by atoms with Gasteiger partial charge in [-0.25, -0.2) is 8.42 Å². The summed E-state index contributed by atoms with van der Waals surface area (Å²) in [5, 5.41) is 1.01. The van der Waals surface area contributed by atoms with E-state index in [1.807, 2.05) is 12.1 Å². The summed E-state index contributed by atoms with van der Waals surface area (Å²) in [6.07, 6.45) is 1.08. The molecule has 2 aromatic carbocycles. The summed E-state index contributed by atoms with van der Waals surface area (Å²) < 4.78 is 26.0. The van der Waals surface area contributed by atoms with Crippen molar-refractivity contribution >= 4 is 44.8 Å². The third-order valence-electron chi connectivity index (χ3n) is 4.18. The minimum atomic E-state index is -3.70. The lowest BCUT2D eigenvalue weighted by atomic mass is 10.1. The highest BCUT2D eigenvalue weighted by atomic mass is 35.5. The number of benzene rings is 2. The number of likely N-dealkylation sites (N-methyl/N-ethyl adjacent to an activating group) is 1. The van der Waals surface area contributed by atoms with Crippen molar-refractivity contribution in [2.24, 2.45) is 0 Å². The van der Waals surface area contributed by atoms with Crippen molar-refractivity contribution in [2.45, 2.75) is 26.4 Å². The van der Waals surface area contributed by atoms with Crippen LogP contribution in [0.15, 0.2) is 42.5 Å². The lowest BCUT2D eigenvalue weighted by Crippen LogP contribution is -2.48. The fraction of sp³-hybridized carbons (Fsp3) is 0.316. The molecule has 0 aliphatic carbocycles. The van der Waals surface area contributed by atoms with Crippen LogP contribution in [0, 0.1) is 6.92 Å². The zero-order valence-electron chi connectivity index (χ0n) is 15.6. The predicted octanol–water partition coefficient (Wildman–Crippen LogP) is 4.11. The summed E-state index contributed by atoms with van der Waals surface area (Å²) in [7, 11) is -2.07. The Labute approximate surface area is 170 Å². The second-order valence-electron chi connectivity index (χ2n) is 6.49. The zero-order valence-corrected chi connectivity index (χ0v) is 17.9. The number of hydrogen-bond acceptors (Lipinski definition) is 3. The molecule has 2 aromatic rings. The molecule has 0 fully saturated rings. The molecule has 146 valence electrons. The Bertz CT molecular complexity index is 930. The number of amides is 1. The van der Waals surface area contributed by atoms with Crippen LogP contribution in [0.5, 0.6) is 0 Å². The van der Waals surface area contributed by atoms with Gasteiger partial charge < -0.3 is 4.90 Å². The number of carbonyl (C=O) groups excluding carboxylic acids is 1. The van der Waals surface area contributed by atoms with E-state index < -0.39 is 16.1 Å². The fourth-order valence-electron chi connectivity index (χ4n) is 2.86. The molecule has 0 unspecified atom stereocenters. The fourth-order valence-corrected chi connectivity index (χ4v) is 4.37. The number of carbonyl (C=O) groups is 1. The van der Waals surface area contributed by atoms with Crippen LogP contribution in [0.3, 0.4) is 0 Å². The van der Waals surface area contributed by atoms with Crippen molar-refractivity contribution in [3.8, 4) is 0 Å². The average molecular weight is 429 g/mol. The minimum absolute atomic E-state index is 0.324. The molecule has 0 aliphatic rings. The van der Waals surface area contributed by atoms with Crippen molar-refractivity contribution in [2.75, 3.05) is 17.6 Å². The van der Waals surface area contributed by atoms with Gasteiger partial charge in [0.25, 0.3) is 0 Å². The van der Waals surface area contributed by atoms with E-state index in [-0.39, 0.29) is 5.91 Å². The highest BCUT2D eigenvalue weighted by Gasteiger charge is 2.32. The van der Waals surface area contributed by atoms with E-state index in [1.54, 1.807) is 51.2 Å². The van der Waals surface area contributed by atoms with Gasteiger partial charge in [0.15, 0.2) is 0 Å². The molecule has 0 bridgehead atoms. The molecule has 1 atom stereocenters.